The highest BCUT2D eigenvalue weighted by atomic mass is 16.5. The Bertz CT molecular complexity index is 527. The number of methoxy groups -OCH3 is 1. The van der Waals surface area contributed by atoms with Gasteiger partial charge in [-0.2, -0.15) is 0 Å². The zero-order valence-electron chi connectivity index (χ0n) is 14.0. The molecule has 0 aliphatic carbocycles. The Hall–Kier alpha value is -1.92. The van der Waals surface area contributed by atoms with Gasteiger partial charge in [-0.1, -0.05) is 30.3 Å². The Labute approximate surface area is 142 Å². The number of hydrogen-bond acceptors (Lipinski definition) is 5. The van der Waals surface area contributed by atoms with E-state index in [9.17, 15) is 14.7 Å². The molecule has 1 N–H and O–H groups in total. The minimum atomic E-state index is -1.37. The number of esters is 1. The lowest BCUT2D eigenvalue weighted by Gasteiger charge is -2.30. The van der Waals surface area contributed by atoms with E-state index in [-0.39, 0.29) is 0 Å². The van der Waals surface area contributed by atoms with Gasteiger partial charge in [0.25, 0.3) is 5.91 Å². The second-order valence-corrected chi connectivity index (χ2v) is 5.89. The van der Waals surface area contributed by atoms with Crippen LogP contribution in [0.4, 0.5) is 0 Å². The topological polar surface area (TPSA) is 76.1 Å². The van der Waals surface area contributed by atoms with Crippen molar-refractivity contribution in [2.75, 3.05) is 33.4 Å². The highest BCUT2D eigenvalue weighted by Crippen LogP contribution is 2.18. The van der Waals surface area contributed by atoms with Crippen LogP contribution in [-0.2, 0) is 25.5 Å². The van der Waals surface area contributed by atoms with Crippen molar-refractivity contribution in [2.45, 2.75) is 25.4 Å². The van der Waals surface area contributed by atoms with E-state index in [1.54, 1.807) is 4.90 Å². The molecule has 6 heteroatoms. The molecule has 1 aliphatic rings. The molecule has 24 heavy (non-hydrogen) atoms. The maximum absolute atomic E-state index is 12.4. The van der Waals surface area contributed by atoms with E-state index in [2.05, 4.69) is 0 Å². The van der Waals surface area contributed by atoms with Crippen LogP contribution >= 0.6 is 0 Å². The summed E-state index contributed by atoms with van der Waals surface area (Å²) in [5, 5.41) is 10.4. The maximum atomic E-state index is 12.4. The molecule has 2 atom stereocenters. The Morgan fingerprint density at radius 3 is 2.54 bits per heavy atom. The summed E-state index contributed by atoms with van der Waals surface area (Å²) in [7, 11) is 1.28. The fourth-order valence-corrected chi connectivity index (χ4v) is 2.87. The zero-order valence-corrected chi connectivity index (χ0v) is 14.0. The second kappa shape index (κ2) is 9.39. The first-order valence-electron chi connectivity index (χ1n) is 8.30. The normalized spacial score (nSPS) is 17.2. The van der Waals surface area contributed by atoms with Crippen molar-refractivity contribution in [3.05, 3.63) is 35.9 Å². The minimum Gasteiger partial charge on any atom is -0.469 e. The van der Waals surface area contributed by atoms with Crippen LogP contribution in [-0.4, -0.2) is 61.4 Å². The van der Waals surface area contributed by atoms with E-state index >= 15 is 0 Å². The summed E-state index contributed by atoms with van der Waals surface area (Å²) in [4.78, 5) is 26.0. The molecule has 1 amide bonds. The number of ether oxygens (including phenoxy) is 2. The molecule has 1 aliphatic heterocycles. The second-order valence-electron chi connectivity index (χ2n) is 5.89. The molecule has 6 nitrogen and oxygen atoms in total. The Morgan fingerprint density at radius 2 is 1.92 bits per heavy atom. The number of rotatable bonds is 7. The van der Waals surface area contributed by atoms with Crippen LogP contribution in [0.1, 0.15) is 18.4 Å². The smallest absolute Gasteiger partial charge is 0.311 e. The lowest BCUT2D eigenvalue weighted by Crippen LogP contribution is -2.49. The SMILES string of the molecule is COC(=O)C(CCCc1ccccc1)[C@H](O)C(=O)N1CCOCC1. The summed E-state index contributed by atoms with van der Waals surface area (Å²) in [6, 6.07) is 9.91. The number of benzene rings is 1. The molecule has 0 aromatic heterocycles. The first-order valence-corrected chi connectivity index (χ1v) is 8.30. The summed E-state index contributed by atoms with van der Waals surface area (Å²) in [6.45, 7) is 1.78. The van der Waals surface area contributed by atoms with Crippen LogP contribution in [0.3, 0.4) is 0 Å². The number of carbonyl (C=O) groups excluding carboxylic acids is 2. The molecule has 1 aromatic rings. The van der Waals surface area contributed by atoms with E-state index in [0.29, 0.717) is 39.1 Å². The summed E-state index contributed by atoms with van der Waals surface area (Å²) in [6.07, 6.45) is 0.509. The molecule has 0 radical (unpaired) electrons. The van der Waals surface area contributed by atoms with Gasteiger partial charge in [0.15, 0.2) is 0 Å². The van der Waals surface area contributed by atoms with Crippen molar-refractivity contribution in [1.29, 1.82) is 0 Å². The van der Waals surface area contributed by atoms with Crippen molar-refractivity contribution in [3.63, 3.8) is 0 Å². The van der Waals surface area contributed by atoms with E-state index in [1.807, 2.05) is 30.3 Å². The van der Waals surface area contributed by atoms with Gasteiger partial charge in [0.1, 0.15) is 6.10 Å². The van der Waals surface area contributed by atoms with Gasteiger partial charge in [-0.15, -0.1) is 0 Å². The minimum absolute atomic E-state index is 0.402. The zero-order chi connectivity index (χ0) is 17.4. The third kappa shape index (κ3) is 5.04. The number of hydrogen-bond donors (Lipinski definition) is 1. The lowest BCUT2D eigenvalue weighted by atomic mass is 9.93. The fourth-order valence-electron chi connectivity index (χ4n) is 2.87. The quantitative estimate of drug-likeness (QED) is 0.753. The number of nitrogens with zero attached hydrogens (tertiary/aromatic N) is 1. The number of morpholine rings is 1. The molecule has 1 heterocycles. The predicted octanol–water partition coefficient (Wildman–Crippen LogP) is 1.02. The first-order chi connectivity index (χ1) is 11.6. The fraction of sp³-hybridized carbons (Fsp3) is 0.556. The van der Waals surface area contributed by atoms with E-state index in [0.717, 1.165) is 12.0 Å². The third-order valence-electron chi connectivity index (χ3n) is 4.28. The molecular formula is C18H25NO5. The summed E-state index contributed by atoms with van der Waals surface area (Å²) in [5.41, 5.74) is 1.16. The average Bonchev–Trinajstić information content (AvgIpc) is 2.65. The Morgan fingerprint density at radius 1 is 1.25 bits per heavy atom. The van der Waals surface area contributed by atoms with Gasteiger partial charge >= 0.3 is 5.97 Å². The molecule has 1 aromatic carbocycles. The molecule has 1 unspecified atom stereocenters. The predicted molar refractivity (Wildman–Crippen MR) is 88.3 cm³/mol. The van der Waals surface area contributed by atoms with Crippen LogP contribution in [0.5, 0.6) is 0 Å². The molecule has 0 bridgehead atoms. The summed E-state index contributed by atoms with van der Waals surface area (Å²) >= 11 is 0. The van der Waals surface area contributed by atoms with E-state index in [4.69, 9.17) is 9.47 Å². The standard InChI is InChI=1S/C18H25NO5/c1-23-18(22)15(9-5-8-14-6-3-2-4-7-14)16(20)17(21)19-10-12-24-13-11-19/h2-4,6-7,15-16,20H,5,8-13H2,1H3/t15?,16-/m0/s1. The van der Waals surface area contributed by atoms with Crippen molar-refractivity contribution < 1.29 is 24.2 Å². The van der Waals surface area contributed by atoms with Gasteiger partial charge in [-0.3, -0.25) is 9.59 Å². The molecule has 1 fully saturated rings. The van der Waals surface area contributed by atoms with Crippen LogP contribution in [0.2, 0.25) is 0 Å². The van der Waals surface area contributed by atoms with Crippen LogP contribution in [0, 0.1) is 5.92 Å². The van der Waals surface area contributed by atoms with Gasteiger partial charge in [-0.25, -0.2) is 0 Å². The number of aryl methyl sites for hydroxylation is 1. The Kier molecular flexibility index (Phi) is 7.21. The molecule has 0 saturated carbocycles. The van der Waals surface area contributed by atoms with Crippen molar-refractivity contribution >= 4 is 11.9 Å². The summed E-state index contributed by atoms with van der Waals surface area (Å²) in [5.74, 6) is -1.81. The van der Waals surface area contributed by atoms with E-state index < -0.39 is 23.9 Å². The number of carbonyl (C=O) groups is 2. The van der Waals surface area contributed by atoms with Crippen molar-refractivity contribution in [3.8, 4) is 0 Å². The number of aliphatic hydroxyl groups is 1. The maximum Gasteiger partial charge on any atom is 0.311 e. The van der Waals surface area contributed by atoms with Gasteiger partial charge in [-0.05, 0) is 24.8 Å². The molecule has 2 rings (SSSR count). The Balaban J connectivity index is 1.93. The third-order valence-corrected chi connectivity index (χ3v) is 4.28. The molecule has 1 saturated heterocycles. The van der Waals surface area contributed by atoms with Gasteiger partial charge < -0.3 is 19.5 Å². The molecule has 132 valence electrons. The van der Waals surface area contributed by atoms with Crippen molar-refractivity contribution in [1.82, 2.24) is 4.90 Å². The van der Waals surface area contributed by atoms with Crippen LogP contribution in [0.15, 0.2) is 30.3 Å². The average molecular weight is 335 g/mol. The van der Waals surface area contributed by atoms with Crippen LogP contribution < -0.4 is 0 Å². The van der Waals surface area contributed by atoms with Crippen molar-refractivity contribution in [2.24, 2.45) is 5.92 Å². The molecular weight excluding hydrogens is 310 g/mol. The monoisotopic (exact) mass is 335 g/mol. The number of amides is 1. The van der Waals surface area contributed by atoms with Gasteiger partial charge in [0, 0.05) is 13.1 Å². The number of aliphatic hydroxyl groups excluding tert-OH is 1. The highest BCUT2D eigenvalue weighted by Gasteiger charge is 2.35. The molecule has 0 spiro atoms. The first kappa shape index (κ1) is 18.4. The van der Waals surface area contributed by atoms with Crippen LogP contribution in [0.25, 0.3) is 0 Å². The van der Waals surface area contributed by atoms with E-state index in [1.165, 1.54) is 7.11 Å². The van der Waals surface area contributed by atoms with Gasteiger partial charge in [0.05, 0.1) is 26.2 Å². The summed E-state index contributed by atoms with van der Waals surface area (Å²) < 4.78 is 9.98. The van der Waals surface area contributed by atoms with Gasteiger partial charge in [0.2, 0.25) is 0 Å². The lowest BCUT2D eigenvalue weighted by molar-refractivity contribution is -0.159. The highest BCUT2D eigenvalue weighted by molar-refractivity contribution is 5.87. The largest absolute Gasteiger partial charge is 0.469 e.